The first-order valence-electron chi connectivity index (χ1n) is 12.0. The zero-order valence-corrected chi connectivity index (χ0v) is 20.8. The normalized spacial score (nSPS) is 17.6. The molecule has 1 amide bonds. The van der Waals surface area contributed by atoms with E-state index in [2.05, 4.69) is 28.5 Å². The second kappa shape index (κ2) is 12.1. The maximum atomic E-state index is 13.5. The van der Waals surface area contributed by atoms with Gasteiger partial charge in [-0.3, -0.25) is 14.7 Å². The Morgan fingerprint density at radius 2 is 1.60 bits per heavy atom. The number of amides is 1. The number of anilines is 3. The van der Waals surface area contributed by atoms with Crippen LogP contribution in [0.5, 0.6) is 0 Å². The molecule has 1 saturated heterocycles. The fourth-order valence-corrected chi connectivity index (χ4v) is 4.19. The molecule has 5 rings (SSSR count). The summed E-state index contributed by atoms with van der Waals surface area (Å²) < 4.78 is 69.1. The molecule has 218 valence electrons. The first kappa shape index (κ1) is 30.7. The van der Waals surface area contributed by atoms with E-state index in [9.17, 15) is 31.1 Å². The monoisotopic (exact) mass is 577 g/mol. The molecule has 0 bridgehead atoms. The summed E-state index contributed by atoms with van der Waals surface area (Å²) in [5.74, 6) is -4.54. The van der Waals surface area contributed by atoms with Gasteiger partial charge < -0.3 is 20.3 Å². The minimum atomic E-state index is -5.08. The van der Waals surface area contributed by atoms with E-state index in [1.807, 2.05) is 17.0 Å². The van der Waals surface area contributed by atoms with Gasteiger partial charge in [0, 0.05) is 31.6 Å². The van der Waals surface area contributed by atoms with Gasteiger partial charge in [-0.15, -0.1) is 0 Å². The van der Waals surface area contributed by atoms with E-state index in [0.29, 0.717) is 13.2 Å². The molecule has 1 saturated carbocycles. The van der Waals surface area contributed by atoms with Crippen LogP contribution in [0.4, 0.5) is 43.4 Å². The quantitative estimate of drug-likeness (QED) is 0.438. The van der Waals surface area contributed by atoms with Gasteiger partial charge in [-0.2, -0.15) is 26.3 Å². The Balaban J connectivity index is 0.000000263. The van der Waals surface area contributed by atoms with Crippen LogP contribution in [0.2, 0.25) is 0 Å². The van der Waals surface area contributed by atoms with E-state index < -0.39 is 29.7 Å². The molecule has 1 aromatic carbocycles. The van der Waals surface area contributed by atoms with Crippen molar-refractivity contribution < 1.29 is 55.7 Å². The fraction of sp³-hybridized carbons (Fsp3) is 0.440. The molecule has 1 spiro atoms. The third-order valence-electron chi connectivity index (χ3n) is 6.39. The molecule has 0 unspecified atom stereocenters. The van der Waals surface area contributed by atoms with Crippen LogP contribution in [0.1, 0.15) is 31.2 Å². The van der Waals surface area contributed by atoms with Crippen molar-refractivity contribution in [3.8, 4) is 0 Å². The van der Waals surface area contributed by atoms with Crippen LogP contribution < -0.4 is 10.2 Å². The number of hydrogen-bond acceptors (Lipinski definition) is 6. The SMILES string of the molecule is O=C(O)C(F)(F)F.O=C(O)C(F)(F)F.O=C1N(c2cccnc2)c2ccc(NCC3CC3)cc2C12CCOCC2. The third kappa shape index (κ3) is 7.40. The fourth-order valence-electron chi connectivity index (χ4n) is 4.19. The lowest BCUT2D eigenvalue weighted by atomic mass is 9.75. The van der Waals surface area contributed by atoms with Crippen LogP contribution in [-0.2, 0) is 24.5 Å². The molecule has 1 aliphatic carbocycles. The van der Waals surface area contributed by atoms with Crippen molar-refractivity contribution in [2.75, 3.05) is 30.0 Å². The Morgan fingerprint density at radius 3 is 2.08 bits per heavy atom. The highest BCUT2D eigenvalue weighted by Crippen LogP contribution is 2.51. The smallest absolute Gasteiger partial charge is 0.475 e. The molecule has 9 nitrogen and oxygen atoms in total. The number of nitrogens with zero attached hydrogens (tertiary/aromatic N) is 2. The Kier molecular flexibility index (Phi) is 9.28. The number of aliphatic carboxylic acids is 2. The highest BCUT2D eigenvalue weighted by molar-refractivity contribution is 6.13. The Bertz CT molecular complexity index is 1190. The summed E-state index contributed by atoms with van der Waals surface area (Å²) in [6.07, 6.45) is -2.54. The summed E-state index contributed by atoms with van der Waals surface area (Å²) in [4.78, 5) is 37.4. The van der Waals surface area contributed by atoms with Gasteiger partial charge in [-0.1, -0.05) is 0 Å². The van der Waals surface area contributed by atoms with Crippen LogP contribution in [0.25, 0.3) is 0 Å². The van der Waals surface area contributed by atoms with E-state index in [0.717, 1.165) is 47.9 Å². The first-order chi connectivity index (χ1) is 18.7. The first-order valence-corrected chi connectivity index (χ1v) is 12.0. The lowest BCUT2D eigenvalue weighted by molar-refractivity contribution is -0.193. The number of ether oxygens (including phenoxy) is 1. The number of halogens is 6. The van der Waals surface area contributed by atoms with Crippen molar-refractivity contribution in [1.29, 1.82) is 0 Å². The molecule has 3 N–H and O–H groups in total. The Hall–Kier alpha value is -3.88. The molecule has 0 radical (unpaired) electrons. The van der Waals surface area contributed by atoms with Gasteiger partial charge in [0.25, 0.3) is 0 Å². The molecule has 15 heteroatoms. The number of aromatic nitrogens is 1. The predicted molar refractivity (Wildman–Crippen MR) is 128 cm³/mol. The average Bonchev–Trinajstić information content (AvgIpc) is 3.70. The summed E-state index contributed by atoms with van der Waals surface area (Å²) in [5, 5.41) is 17.8. The molecule has 2 aromatic rings. The van der Waals surface area contributed by atoms with E-state index >= 15 is 0 Å². The van der Waals surface area contributed by atoms with Gasteiger partial charge in [-0.05, 0) is 67.5 Å². The van der Waals surface area contributed by atoms with Crippen molar-refractivity contribution in [1.82, 2.24) is 4.98 Å². The molecular weight excluding hydrogens is 552 g/mol. The van der Waals surface area contributed by atoms with Gasteiger partial charge in [-0.25, -0.2) is 9.59 Å². The molecule has 3 aliphatic rings. The molecular formula is C25H25F6N3O6. The average molecular weight is 577 g/mol. The maximum Gasteiger partial charge on any atom is 0.490 e. The van der Waals surface area contributed by atoms with Gasteiger partial charge in [0.15, 0.2) is 0 Å². The van der Waals surface area contributed by atoms with Crippen LogP contribution in [0, 0.1) is 5.92 Å². The third-order valence-corrected chi connectivity index (χ3v) is 6.39. The summed E-state index contributed by atoms with van der Waals surface area (Å²) in [6, 6.07) is 10.2. The van der Waals surface area contributed by atoms with Crippen molar-refractivity contribution in [3.05, 3.63) is 48.3 Å². The zero-order chi connectivity index (χ0) is 29.7. The number of rotatable bonds is 4. The molecule has 2 aliphatic heterocycles. The topological polar surface area (TPSA) is 129 Å². The summed E-state index contributed by atoms with van der Waals surface area (Å²) in [5.41, 5.74) is 3.60. The van der Waals surface area contributed by atoms with E-state index in [4.69, 9.17) is 24.5 Å². The van der Waals surface area contributed by atoms with Crippen LogP contribution in [-0.4, -0.2) is 65.2 Å². The van der Waals surface area contributed by atoms with Gasteiger partial charge in [0.1, 0.15) is 0 Å². The number of carboxylic acid groups (broad SMARTS) is 2. The predicted octanol–water partition coefficient (Wildman–Crippen LogP) is 4.90. The number of benzene rings is 1. The number of nitrogens with one attached hydrogen (secondary N) is 1. The number of alkyl halides is 6. The van der Waals surface area contributed by atoms with Crippen molar-refractivity contribution in [3.63, 3.8) is 0 Å². The summed E-state index contributed by atoms with van der Waals surface area (Å²) in [6.45, 7) is 2.28. The molecule has 1 aromatic heterocycles. The van der Waals surface area contributed by atoms with Crippen molar-refractivity contribution in [2.24, 2.45) is 5.92 Å². The van der Waals surface area contributed by atoms with E-state index in [1.165, 1.54) is 12.8 Å². The second-order valence-electron chi connectivity index (χ2n) is 9.21. The van der Waals surface area contributed by atoms with Gasteiger partial charge in [0.05, 0.1) is 23.0 Å². The van der Waals surface area contributed by atoms with Gasteiger partial charge in [0.2, 0.25) is 5.91 Å². The molecule has 3 heterocycles. The zero-order valence-electron chi connectivity index (χ0n) is 20.8. The van der Waals surface area contributed by atoms with Crippen LogP contribution >= 0.6 is 0 Å². The molecule has 40 heavy (non-hydrogen) atoms. The highest BCUT2D eigenvalue weighted by Gasteiger charge is 2.52. The number of fused-ring (bicyclic) bond motifs is 2. The highest BCUT2D eigenvalue weighted by atomic mass is 19.4. The van der Waals surface area contributed by atoms with Crippen LogP contribution in [0.15, 0.2) is 42.7 Å². The number of carboxylic acids is 2. The van der Waals surface area contributed by atoms with Crippen LogP contribution in [0.3, 0.4) is 0 Å². The second-order valence-corrected chi connectivity index (χ2v) is 9.21. The van der Waals surface area contributed by atoms with E-state index in [1.54, 1.807) is 12.4 Å². The lowest BCUT2D eigenvalue weighted by Gasteiger charge is -2.32. The van der Waals surface area contributed by atoms with Gasteiger partial charge >= 0.3 is 24.3 Å². The minimum Gasteiger partial charge on any atom is -0.475 e. The summed E-state index contributed by atoms with van der Waals surface area (Å²) in [7, 11) is 0. The maximum absolute atomic E-state index is 13.5. The van der Waals surface area contributed by atoms with Crippen molar-refractivity contribution in [2.45, 2.75) is 43.5 Å². The number of carbonyl (C=O) groups excluding carboxylic acids is 1. The Labute approximate surface area is 223 Å². The largest absolute Gasteiger partial charge is 0.490 e. The molecule has 0 atom stereocenters. The number of carbonyl (C=O) groups is 3. The minimum absolute atomic E-state index is 0.156. The molecule has 2 fully saturated rings. The van der Waals surface area contributed by atoms with E-state index in [-0.39, 0.29) is 5.91 Å². The lowest BCUT2D eigenvalue weighted by Crippen LogP contribution is -2.42. The Morgan fingerprint density at radius 1 is 1.02 bits per heavy atom. The van der Waals surface area contributed by atoms with Crippen molar-refractivity contribution >= 4 is 34.9 Å². The number of hydrogen-bond donors (Lipinski definition) is 3. The summed E-state index contributed by atoms with van der Waals surface area (Å²) >= 11 is 0. The standard InChI is InChI=1S/C21H23N3O2.2C2HF3O2/c25-20-21(7-10-26-11-8-21)18-12-16(23-13-15-3-4-15)5-6-19(18)24(20)17-2-1-9-22-14-17;2*3-2(4,5)1(6)7/h1-2,5-6,9,12,14-15,23H,3-4,7-8,10-11,13H2;2*(H,6,7). The number of pyridine rings is 1.